The number of thiophene rings is 1. The van der Waals surface area contributed by atoms with E-state index in [1.165, 1.54) is 26.1 Å². The maximum Gasteiger partial charge on any atom is 0.161 e. The summed E-state index contributed by atoms with van der Waals surface area (Å²) in [5.74, 6) is 0.726. The Morgan fingerprint density at radius 2 is 0.821 bits per heavy atom. The lowest BCUT2D eigenvalue weighted by Crippen LogP contribution is -1.97. The molecule has 2 nitrogen and oxygen atoms in total. The Morgan fingerprint density at radius 3 is 1.38 bits per heavy atom. The Bertz CT molecular complexity index is 1830. The zero-order valence-electron chi connectivity index (χ0n) is 21.2. The monoisotopic (exact) mass is 516 g/mol. The second kappa shape index (κ2) is 10.1. The van der Waals surface area contributed by atoms with Crippen LogP contribution in [0.25, 0.3) is 65.6 Å². The minimum Gasteiger partial charge on any atom is -0.228 e. The standard InChI is InChI=1S/C36H24N2S/c1-4-14-25(15-5-1)32-24-33(26-16-6-2-7-17-26)38-36(37-32)31-23-13-12-22-30(31)35-29-21-11-10-20-28(29)34(39-35)27-18-8-3-9-19-27/h1-24H. The van der Waals surface area contributed by atoms with E-state index in [0.717, 1.165) is 39.5 Å². The van der Waals surface area contributed by atoms with Crippen molar-refractivity contribution in [3.8, 4) is 54.8 Å². The summed E-state index contributed by atoms with van der Waals surface area (Å²) >= 11 is 1.83. The van der Waals surface area contributed by atoms with Gasteiger partial charge in [0.15, 0.2) is 5.82 Å². The first-order chi connectivity index (χ1) is 19.3. The maximum atomic E-state index is 5.12. The Kier molecular flexibility index (Phi) is 6.04. The molecule has 0 amide bonds. The fourth-order valence-electron chi connectivity index (χ4n) is 5.05. The fraction of sp³-hybridized carbons (Fsp3) is 0. The molecule has 5 aromatic carbocycles. The highest BCUT2D eigenvalue weighted by molar-refractivity contribution is 7.21. The van der Waals surface area contributed by atoms with Crippen LogP contribution >= 0.6 is 11.3 Å². The normalized spacial score (nSPS) is 11.1. The maximum absolute atomic E-state index is 5.12. The summed E-state index contributed by atoms with van der Waals surface area (Å²) in [6, 6.07) is 50.6. The van der Waals surface area contributed by atoms with E-state index in [1.807, 2.05) is 23.5 Å². The third kappa shape index (κ3) is 4.43. The number of benzene rings is 5. The lowest BCUT2D eigenvalue weighted by atomic mass is 10.00. The van der Waals surface area contributed by atoms with Gasteiger partial charge in [-0.1, -0.05) is 140 Å². The summed E-state index contributed by atoms with van der Waals surface area (Å²) in [7, 11) is 0. The van der Waals surface area contributed by atoms with Crippen molar-refractivity contribution in [1.82, 2.24) is 9.97 Å². The highest BCUT2D eigenvalue weighted by Crippen LogP contribution is 2.46. The van der Waals surface area contributed by atoms with Gasteiger partial charge in [0.1, 0.15) is 0 Å². The van der Waals surface area contributed by atoms with Crippen molar-refractivity contribution < 1.29 is 0 Å². The number of rotatable bonds is 5. The molecular formula is C36H24N2S. The Hall–Kier alpha value is -4.86. The van der Waals surface area contributed by atoms with Crippen molar-refractivity contribution in [2.45, 2.75) is 0 Å². The van der Waals surface area contributed by atoms with Gasteiger partial charge in [-0.15, -0.1) is 11.3 Å². The van der Waals surface area contributed by atoms with E-state index in [4.69, 9.17) is 9.97 Å². The number of fused-ring (bicyclic) bond motifs is 1. The Morgan fingerprint density at radius 1 is 0.385 bits per heavy atom. The van der Waals surface area contributed by atoms with Crippen molar-refractivity contribution in [1.29, 1.82) is 0 Å². The van der Waals surface area contributed by atoms with Crippen LogP contribution in [0.4, 0.5) is 0 Å². The van der Waals surface area contributed by atoms with Crippen LogP contribution < -0.4 is 0 Å². The second-order valence-corrected chi connectivity index (χ2v) is 10.4. The molecule has 0 N–H and O–H groups in total. The van der Waals surface area contributed by atoms with Gasteiger partial charge in [0.25, 0.3) is 0 Å². The van der Waals surface area contributed by atoms with Crippen molar-refractivity contribution in [3.05, 3.63) is 146 Å². The van der Waals surface area contributed by atoms with E-state index in [-0.39, 0.29) is 0 Å². The van der Waals surface area contributed by atoms with E-state index in [0.29, 0.717) is 0 Å². The molecule has 7 rings (SSSR count). The molecule has 2 heterocycles. The molecule has 3 heteroatoms. The van der Waals surface area contributed by atoms with E-state index >= 15 is 0 Å². The third-order valence-electron chi connectivity index (χ3n) is 6.93. The first kappa shape index (κ1) is 23.3. The summed E-state index contributed by atoms with van der Waals surface area (Å²) in [6.45, 7) is 0. The molecule has 0 aliphatic rings. The average molecular weight is 517 g/mol. The molecular weight excluding hydrogens is 492 g/mol. The van der Waals surface area contributed by atoms with Gasteiger partial charge in [-0.2, -0.15) is 0 Å². The summed E-state index contributed by atoms with van der Waals surface area (Å²) < 4.78 is 0. The average Bonchev–Trinajstić information content (AvgIpc) is 3.42. The number of hydrogen-bond donors (Lipinski definition) is 0. The van der Waals surface area contributed by atoms with Gasteiger partial charge in [0.05, 0.1) is 11.4 Å². The van der Waals surface area contributed by atoms with Crippen LogP contribution in [0.5, 0.6) is 0 Å². The highest BCUT2D eigenvalue weighted by Gasteiger charge is 2.19. The molecule has 0 saturated carbocycles. The predicted molar refractivity (Wildman–Crippen MR) is 165 cm³/mol. The van der Waals surface area contributed by atoms with Crippen LogP contribution in [0.1, 0.15) is 0 Å². The van der Waals surface area contributed by atoms with Crippen molar-refractivity contribution in [2.75, 3.05) is 0 Å². The summed E-state index contributed by atoms with van der Waals surface area (Å²) in [5.41, 5.74) is 7.37. The highest BCUT2D eigenvalue weighted by atomic mass is 32.1. The van der Waals surface area contributed by atoms with Gasteiger partial charge in [0, 0.05) is 42.8 Å². The van der Waals surface area contributed by atoms with Crippen LogP contribution in [0, 0.1) is 0 Å². The predicted octanol–water partition coefficient (Wildman–Crippen LogP) is 10.0. The molecule has 0 saturated heterocycles. The molecule has 184 valence electrons. The van der Waals surface area contributed by atoms with Crippen LogP contribution in [0.3, 0.4) is 0 Å². The molecule has 0 bridgehead atoms. The zero-order chi connectivity index (χ0) is 26.0. The Balaban J connectivity index is 1.46. The molecule has 0 unspecified atom stereocenters. The van der Waals surface area contributed by atoms with Crippen molar-refractivity contribution in [2.24, 2.45) is 0 Å². The van der Waals surface area contributed by atoms with Gasteiger partial charge in [0.2, 0.25) is 0 Å². The number of hydrogen-bond acceptors (Lipinski definition) is 3. The van der Waals surface area contributed by atoms with E-state index in [2.05, 4.69) is 133 Å². The second-order valence-electron chi connectivity index (χ2n) is 9.41. The van der Waals surface area contributed by atoms with Gasteiger partial charge in [-0.3, -0.25) is 0 Å². The fourth-order valence-corrected chi connectivity index (χ4v) is 6.37. The van der Waals surface area contributed by atoms with Crippen LogP contribution in [0.15, 0.2) is 146 Å². The van der Waals surface area contributed by atoms with Crippen molar-refractivity contribution in [3.63, 3.8) is 0 Å². The molecule has 0 radical (unpaired) electrons. The van der Waals surface area contributed by atoms with Crippen LogP contribution in [-0.2, 0) is 0 Å². The quantitative estimate of drug-likeness (QED) is 0.227. The minimum absolute atomic E-state index is 0.726. The summed E-state index contributed by atoms with van der Waals surface area (Å²) in [4.78, 5) is 12.8. The van der Waals surface area contributed by atoms with Gasteiger partial charge < -0.3 is 0 Å². The van der Waals surface area contributed by atoms with Crippen LogP contribution in [-0.4, -0.2) is 9.97 Å². The van der Waals surface area contributed by atoms with E-state index in [9.17, 15) is 0 Å². The molecule has 0 atom stereocenters. The molecule has 2 aromatic heterocycles. The van der Waals surface area contributed by atoms with Crippen molar-refractivity contribution >= 4 is 22.1 Å². The minimum atomic E-state index is 0.726. The van der Waals surface area contributed by atoms with E-state index < -0.39 is 0 Å². The lowest BCUT2D eigenvalue weighted by molar-refractivity contribution is 1.18. The Labute approximate surface area is 231 Å². The smallest absolute Gasteiger partial charge is 0.161 e. The first-order valence-electron chi connectivity index (χ1n) is 13.0. The summed E-state index contributed by atoms with van der Waals surface area (Å²) in [5, 5.41) is 2.51. The topological polar surface area (TPSA) is 25.8 Å². The van der Waals surface area contributed by atoms with E-state index in [1.54, 1.807) is 0 Å². The molecule has 0 fully saturated rings. The largest absolute Gasteiger partial charge is 0.228 e. The zero-order valence-corrected chi connectivity index (χ0v) is 22.0. The number of aromatic nitrogens is 2. The molecule has 39 heavy (non-hydrogen) atoms. The first-order valence-corrected chi connectivity index (χ1v) is 13.8. The van der Waals surface area contributed by atoms with Gasteiger partial charge in [-0.05, 0) is 11.6 Å². The number of nitrogens with zero attached hydrogens (tertiary/aromatic N) is 2. The van der Waals surface area contributed by atoms with Gasteiger partial charge >= 0.3 is 0 Å². The molecule has 7 aromatic rings. The lowest BCUT2D eigenvalue weighted by Gasteiger charge is -2.12. The molecule has 0 aliphatic carbocycles. The van der Waals surface area contributed by atoms with Gasteiger partial charge in [-0.25, -0.2) is 9.97 Å². The molecule has 0 aliphatic heterocycles. The summed E-state index contributed by atoms with van der Waals surface area (Å²) in [6.07, 6.45) is 0. The third-order valence-corrected chi connectivity index (χ3v) is 8.24. The van der Waals surface area contributed by atoms with Crippen LogP contribution in [0.2, 0.25) is 0 Å². The SMILES string of the molecule is c1ccc(-c2cc(-c3ccccc3)nc(-c3ccccc3-c3sc(-c4ccccc4)c4ccccc34)n2)cc1. The molecule has 0 spiro atoms.